The van der Waals surface area contributed by atoms with Crippen molar-refractivity contribution in [3.05, 3.63) is 78.3 Å². The van der Waals surface area contributed by atoms with Gasteiger partial charge in [-0.1, -0.05) is 12.1 Å². The maximum atomic E-state index is 13.1. The number of aromatic nitrogens is 3. The van der Waals surface area contributed by atoms with E-state index in [9.17, 15) is 9.18 Å². The van der Waals surface area contributed by atoms with Crippen LogP contribution in [0.1, 0.15) is 28.8 Å². The van der Waals surface area contributed by atoms with E-state index < -0.39 is 0 Å². The molecule has 3 aromatic rings. The highest BCUT2D eigenvalue weighted by molar-refractivity contribution is 5.94. The Morgan fingerprint density at radius 2 is 2.00 bits per heavy atom. The van der Waals surface area contributed by atoms with Crippen LogP contribution >= 0.6 is 0 Å². The van der Waals surface area contributed by atoms with Crippen molar-refractivity contribution in [2.75, 3.05) is 0 Å². The van der Waals surface area contributed by atoms with Gasteiger partial charge in [-0.2, -0.15) is 0 Å². The first-order chi connectivity index (χ1) is 12.2. The molecule has 2 aromatic heterocycles. The van der Waals surface area contributed by atoms with Crippen molar-refractivity contribution in [1.82, 2.24) is 19.4 Å². The van der Waals surface area contributed by atoms with Gasteiger partial charge in [0.1, 0.15) is 18.0 Å². The molecule has 25 heavy (non-hydrogen) atoms. The predicted octanol–water partition coefficient (Wildman–Crippen LogP) is 3.21. The first-order valence-corrected chi connectivity index (χ1v) is 8.20. The van der Waals surface area contributed by atoms with Crippen LogP contribution in [-0.2, 0) is 6.54 Å². The molecule has 1 aliphatic rings. The Kier molecular flexibility index (Phi) is 4.01. The molecule has 0 atom stereocenters. The number of nitrogens with zero attached hydrogens (tertiary/aromatic N) is 4. The lowest BCUT2D eigenvalue weighted by atomic mass is 10.1. The maximum absolute atomic E-state index is 13.1. The van der Waals surface area contributed by atoms with Gasteiger partial charge >= 0.3 is 0 Å². The quantitative estimate of drug-likeness (QED) is 0.719. The van der Waals surface area contributed by atoms with Crippen molar-refractivity contribution in [3.63, 3.8) is 0 Å². The van der Waals surface area contributed by atoms with Crippen molar-refractivity contribution < 1.29 is 9.18 Å². The first kappa shape index (κ1) is 15.5. The van der Waals surface area contributed by atoms with Crippen LogP contribution in [0.3, 0.4) is 0 Å². The zero-order valence-electron chi connectivity index (χ0n) is 13.5. The monoisotopic (exact) mass is 336 g/mol. The molecule has 0 saturated heterocycles. The second-order valence-electron chi connectivity index (χ2n) is 6.17. The molecule has 1 aromatic carbocycles. The zero-order valence-corrected chi connectivity index (χ0v) is 13.5. The molecule has 0 N–H and O–H groups in total. The van der Waals surface area contributed by atoms with Gasteiger partial charge in [0, 0.05) is 31.2 Å². The highest BCUT2D eigenvalue weighted by Crippen LogP contribution is 2.30. The number of imidazole rings is 1. The summed E-state index contributed by atoms with van der Waals surface area (Å²) in [6.07, 6.45) is 8.75. The third-order valence-electron chi connectivity index (χ3n) is 4.28. The van der Waals surface area contributed by atoms with Crippen molar-refractivity contribution in [2.24, 2.45) is 0 Å². The second-order valence-corrected chi connectivity index (χ2v) is 6.17. The number of carbonyl (C=O) groups is 1. The summed E-state index contributed by atoms with van der Waals surface area (Å²) < 4.78 is 14.9. The molecule has 4 rings (SSSR count). The van der Waals surface area contributed by atoms with Crippen LogP contribution in [0.25, 0.3) is 5.82 Å². The number of halogens is 1. The van der Waals surface area contributed by atoms with E-state index in [4.69, 9.17) is 0 Å². The lowest BCUT2D eigenvalue weighted by Gasteiger charge is -2.22. The molecule has 0 spiro atoms. The fourth-order valence-corrected chi connectivity index (χ4v) is 2.77. The Balaban J connectivity index is 1.53. The Bertz CT molecular complexity index is 855. The minimum Gasteiger partial charge on any atom is -0.331 e. The first-order valence-electron chi connectivity index (χ1n) is 8.20. The normalized spacial score (nSPS) is 13.6. The minimum absolute atomic E-state index is 0.0449. The Labute approximate surface area is 144 Å². The smallest absolute Gasteiger partial charge is 0.255 e. The van der Waals surface area contributed by atoms with E-state index >= 15 is 0 Å². The fourth-order valence-electron chi connectivity index (χ4n) is 2.77. The third-order valence-corrected chi connectivity index (χ3v) is 4.28. The molecule has 5 nitrogen and oxygen atoms in total. The topological polar surface area (TPSA) is 51.0 Å². The lowest BCUT2D eigenvalue weighted by Crippen LogP contribution is -2.32. The molecule has 126 valence electrons. The van der Waals surface area contributed by atoms with Crippen LogP contribution in [0.4, 0.5) is 4.39 Å². The highest BCUT2D eigenvalue weighted by Gasteiger charge is 2.33. The van der Waals surface area contributed by atoms with E-state index in [0.717, 1.165) is 18.4 Å². The van der Waals surface area contributed by atoms with E-state index in [0.29, 0.717) is 17.9 Å². The van der Waals surface area contributed by atoms with E-state index in [1.807, 2.05) is 4.90 Å². The lowest BCUT2D eigenvalue weighted by molar-refractivity contribution is 0.0729. The summed E-state index contributed by atoms with van der Waals surface area (Å²) in [4.78, 5) is 23.1. The number of rotatable bonds is 5. The summed E-state index contributed by atoms with van der Waals surface area (Å²) in [5.74, 6) is 0.398. The van der Waals surface area contributed by atoms with Gasteiger partial charge in [-0.05, 0) is 42.7 Å². The van der Waals surface area contributed by atoms with Crippen LogP contribution in [-0.4, -0.2) is 31.4 Å². The van der Waals surface area contributed by atoms with Crippen molar-refractivity contribution in [1.29, 1.82) is 0 Å². The summed E-state index contributed by atoms with van der Waals surface area (Å²) >= 11 is 0. The molecule has 0 unspecified atom stereocenters. The van der Waals surface area contributed by atoms with Crippen molar-refractivity contribution in [2.45, 2.75) is 25.4 Å². The van der Waals surface area contributed by atoms with Crippen LogP contribution < -0.4 is 0 Å². The molecule has 1 fully saturated rings. The Hall–Kier alpha value is -3.02. The standard InChI is InChI=1S/C19H17FN4O/c20-16-4-1-14(2-5-16)12-24(17-6-7-17)19(25)15-3-8-18(22-11-15)23-10-9-21-13-23/h1-5,8-11,13,17H,6-7,12H2. The summed E-state index contributed by atoms with van der Waals surface area (Å²) in [6, 6.07) is 10.1. The van der Waals surface area contributed by atoms with Gasteiger partial charge in [0.2, 0.25) is 0 Å². The van der Waals surface area contributed by atoms with Gasteiger partial charge < -0.3 is 4.90 Å². The molecule has 6 heteroatoms. The molecular formula is C19H17FN4O. The number of benzene rings is 1. The number of carbonyl (C=O) groups excluding carboxylic acids is 1. The second kappa shape index (κ2) is 6.47. The van der Waals surface area contributed by atoms with Gasteiger partial charge in [0.25, 0.3) is 5.91 Å². The molecule has 0 aliphatic heterocycles. The van der Waals surface area contributed by atoms with Gasteiger partial charge in [-0.3, -0.25) is 9.36 Å². The molecule has 1 saturated carbocycles. The molecule has 0 radical (unpaired) electrons. The number of pyridine rings is 1. The fraction of sp³-hybridized carbons (Fsp3) is 0.211. The Morgan fingerprint density at radius 1 is 1.20 bits per heavy atom. The molecule has 1 aliphatic carbocycles. The summed E-state index contributed by atoms with van der Waals surface area (Å²) in [7, 11) is 0. The SMILES string of the molecule is O=C(c1ccc(-n2ccnc2)nc1)N(Cc1ccc(F)cc1)C1CC1. The van der Waals surface area contributed by atoms with E-state index in [1.165, 1.54) is 12.1 Å². The summed E-state index contributed by atoms with van der Waals surface area (Å²) in [5, 5.41) is 0. The maximum Gasteiger partial charge on any atom is 0.255 e. The van der Waals surface area contributed by atoms with Gasteiger partial charge in [0.05, 0.1) is 5.56 Å². The average molecular weight is 336 g/mol. The zero-order chi connectivity index (χ0) is 17.2. The van der Waals surface area contributed by atoms with Crippen LogP contribution in [0.5, 0.6) is 0 Å². The van der Waals surface area contributed by atoms with Gasteiger partial charge in [-0.15, -0.1) is 0 Å². The van der Waals surface area contributed by atoms with Crippen molar-refractivity contribution in [3.8, 4) is 5.82 Å². The van der Waals surface area contributed by atoms with Gasteiger partial charge in [-0.25, -0.2) is 14.4 Å². The number of hydrogen-bond acceptors (Lipinski definition) is 3. The van der Waals surface area contributed by atoms with Gasteiger partial charge in [0.15, 0.2) is 0 Å². The molecule has 1 amide bonds. The molecule has 2 heterocycles. The van der Waals surface area contributed by atoms with Crippen molar-refractivity contribution >= 4 is 5.91 Å². The van der Waals surface area contributed by atoms with E-state index in [1.54, 1.807) is 53.8 Å². The average Bonchev–Trinajstić information content (AvgIpc) is 3.34. The number of amides is 1. The predicted molar refractivity (Wildman–Crippen MR) is 90.7 cm³/mol. The largest absolute Gasteiger partial charge is 0.331 e. The van der Waals surface area contributed by atoms with E-state index in [2.05, 4.69) is 9.97 Å². The highest BCUT2D eigenvalue weighted by atomic mass is 19.1. The summed E-state index contributed by atoms with van der Waals surface area (Å²) in [6.45, 7) is 0.479. The van der Waals surface area contributed by atoms with Crippen LogP contribution in [0, 0.1) is 5.82 Å². The minimum atomic E-state index is -0.271. The molecule has 0 bridgehead atoms. The molecular weight excluding hydrogens is 319 g/mol. The van der Waals surface area contributed by atoms with Crippen LogP contribution in [0.15, 0.2) is 61.3 Å². The third kappa shape index (κ3) is 3.42. The van der Waals surface area contributed by atoms with Crippen LogP contribution in [0.2, 0.25) is 0 Å². The number of hydrogen-bond donors (Lipinski definition) is 0. The van der Waals surface area contributed by atoms with E-state index in [-0.39, 0.29) is 17.8 Å². The summed E-state index contributed by atoms with van der Waals surface area (Å²) in [5.41, 5.74) is 1.47. The Morgan fingerprint density at radius 3 is 2.60 bits per heavy atom.